The van der Waals surface area contributed by atoms with Crippen molar-refractivity contribution in [3.63, 3.8) is 0 Å². The minimum atomic E-state index is 0.0832. The number of quaternary nitrogens is 1. The topological polar surface area (TPSA) is 33.5 Å². The SMILES string of the molecule is Cc1c(C(=O)NC2CC[NH+](Cc3ccc(Cl)cc3)CC2)sc2ccccc12. The lowest BCUT2D eigenvalue weighted by atomic mass is 10.0. The molecule has 3 aromatic rings. The van der Waals surface area contributed by atoms with Crippen LogP contribution in [0.15, 0.2) is 48.5 Å². The van der Waals surface area contributed by atoms with Gasteiger partial charge in [-0.1, -0.05) is 41.9 Å². The molecule has 0 aliphatic carbocycles. The summed E-state index contributed by atoms with van der Waals surface area (Å²) in [5.74, 6) is 0.0832. The van der Waals surface area contributed by atoms with Crippen LogP contribution in [0.25, 0.3) is 10.1 Å². The quantitative estimate of drug-likeness (QED) is 0.686. The molecule has 1 saturated heterocycles. The van der Waals surface area contributed by atoms with E-state index in [-0.39, 0.29) is 11.9 Å². The highest BCUT2D eigenvalue weighted by atomic mass is 35.5. The predicted octanol–water partition coefficient (Wildman–Crippen LogP) is 3.84. The number of thiophene rings is 1. The molecule has 1 aliphatic heterocycles. The van der Waals surface area contributed by atoms with E-state index in [2.05, 4.69) is 29.6 Å². The van der Waals surface area contributed by atoms with Crippen molar-refractivity contribution in [3.05, 3.63) is 69.6 Å². The number of piperidine rings is 1. The van der Waals surface area contributed by atoms with E-state index in [9.17, 15) is 4.79 Å². The second-order valence-corrected chi connectivity index (χ2v) is 8.84. The molecule has 1 aromatic heterocycles. The van der Waals surface area contributed by atoms with Gasteiger partial charge in [0.1, 0.15) is 6.54 Å². The highest BCUT2D eigenvalue weighted by molar-refractivity contribution is 7.21. The number of carbonyl (C=O) groups excluding carboxylic acids is 1. The van der Waals surface area contributed by atoms with Crippen molar-refractivity contribution in [2.24, 2.45) is 0 Å². The first kappa shape index (κ1) is 18.5. The van der Waals surface area contributed by atoms with Crippen LogP contribution in [0.2, 0.25) is 5.02 Å². The third-order valence-corrected chi connectivity index (χ3v) is 6.97. The van der Waals surface area contributed by atoms with Crippen LogP contribution in [0.1, 0.15) is 33.6 Å². The first-order chi connectivity index (χ1) is 13.1. The van der Waals surface area contributed by atoms with Gasteiger partial charge >= 0.3 is 0 Å². The molecular weight excluding hydrogens is 376 g/mol. The van der Waals surface area contributed by atoms with Crippen molar-refractivity contribution >= 4 is 38.9 Å². The average Bonchev–Trinajstić information content (AvgIpc) is 3.02. The Balaban J connectivity index is 1.33. The van der Waals surface area contributed by atoms with Crippen LogP contribution in [-0.2, 0) is 6.54 Å². The summed E-state index contributed by atoms with van der Waals surface area (Å²) in [5, 5.41) is 5.24. The summed E-state index contributed by atoms with van der Waals surface area (Å²) in [4.78, 5) is 15.2. The Bertz CT molecular complexity index is 943. The molecule has 3 nitrogen and oxygen atoms in total. The van der Waals surface area contributed by atoms with Gasteiger partial charge in [0.25, 0.3) is 5.91 Å². The van der Waals surface area contributed by atoms with E-state index in [1.165, 1.54) is 15.6 Å². The fraction of sp³-hybridized carbons (Fsp3) is 0.318. The normalized spacial score (nSPS) is 19.9. The lowest BCUT2D eigenvalue weighted by molar-refractivity contribution is -0.918. The van der Waals surface area contributed by atoms with Gasteiger partial charge in [0.2, 0.25) is 0 Å². The molecule has 5 heteroatoms. The largest absolute Gasteiger partial charge is 0.348 e. The molecule has 140 valence electrons. The van der Waals surface area contributed by atoms with E-state index < -0.39 is 0 Å². The Morgan fingerprint density at radius 2 is 1.85 bits per heavy atom. The van der Waals surface area contributed by atoms with Crippen molar-refractivity contribution < 1.29 is 9.69 Å². The predicted molar refractivity (Wildman–Crippen MR) is 113 cm³/mol. The van der Waals surface area contributed by atoms with E-state index in [1.54, 1.807) is 16.2 Å². The summed E-state index contributed by atoms with van der Waals surface area (Å²) in [6.45, 7) is 5.23. The van der Waals surface area contributed by atoms with E-state index in [4.69, 9.17) is 11.6 Å². The molecular formula is C22H24ClN2OS+. The number of hydrogen-bond acceptors (Lipinski definition) is 2. The first-order valence-corrected chi connectivity index (χ1v) is 10.7. The molecule has 0 atom stereocenters. The maximum Gasteiger partial charge on any atom is 0.261 e. The first-order valence-electron chi connectivity index (χ1n) is 9.47. The van der Waals surface area contributed by atoms with E-state index in [0.29, 0.717) is 0 Å². The summed E-state index contributed by atoms with van der Waals surface area (Å²) >= 11 is 7.56. The summed E-state index contributed by atoms with van der Waals surface area (Å²) in [6, 6.07) is 16.6. The lowest BCUT2D eigenvalue weighted by Gasteiger charge is -2.29. The number of rotatable bonds is 4. The highest BCUT2D eigenvalue weighted by Crippen LogP contribution is 2.30. The Kier molecular flexibility index (Phi) is 5.48. The van der Waals surface area contributed by atoms with Crippen LogP contribution in [0, 0.1) is 6.92 Å². The molecule has 1 fully saturated rings. The molecule has 0 unspecified atom stereocenters. The van der Waals surface area contributed by atoms with Crippen LogP contribution in [-0.4, -0.2) is 25.0 Å². The monoisotopic (exact) mass is 399 g/mol. The van der Waals surface area contributed by atoms with Gasteiger partial charge in [-0.15, -0.1) is 11.3 Å². The van der Waals surface area contributed by atoms with Crippen LogP contribution < -0.4 is 10.2 Å². The fourth-order valence-electron chi connectivity index (χ4n) is 3.88. The van der Waals surface area contributed by atoms with Crippen LogP contribution in [0.4, 0.5) is 0 Å². The number of hydrogen-bond donors (Lipinski definition) is 2. The van der Waals surface area contributed by atoms with Gasteiger partial charge in [0, 0.05) is 34.2 Å². The molecule has 1 aliphatic rings. The third kappa shape index (κ3) is 4.18. The van der Waals surface area contributed by atoms with Crippen molar-refractivity contribution in [2.75, 3.05) is 13.1 Å². The Morgan fingerprint density at radius 1 is 1.15 bits per heavy atom. The number of nitrogens with one attached hydrogen (secondary N) is 2. The minimum Gasteiger partial charge on any atom is -0.348 e. The van der Waals surface area contributed by atoms with E-state index in [1.807, 2.05) is 31.2 Å². The van der Waals surface area contributed by atoms with Crippen LogP contribution in [0.5, 0.6) is 0 Å². The second-order valence-electron chi connectivity index (χ2n) is 7.35. The van der Waals surface area contributed by atoms with Crippen molar-refractivity contribution in [1.82, 2.24) is 5.32 Å². The van der Waals surface area contributed by atoms with Gasteiger partial charge in [0.05, 0.1) is 18.0 Å². The molecule has 4 rings (SSSR count). The number of amides is 1. The Morgan fingerprint density at radius 3 is 2.56 bits per heavy atom. The Labute approximate surface area is 168 Å². The summed E-state index contributed by atoms with van der Waals surface area (Å²) < 4.78 is 1.18. The molecule has 0 spiro atoms. The number of aryl methyl sites for hydroxylation is 1. The molecule has 2 aromatic carbocycles. The molecule has 0 radical (unpaired) electrons. The van der Waals surface area contributed by atoms with Crippen molar-refractivity contribution in [2.45, 2.75) is 32.4 Å². The number of fused-ring (bicyclic) bond motifs is 1. The zero-order valence-electron chi connectivity index (χ0n) is 15.4. The second kappa shape index (κ2) is 8.01. The highest BCUT2D eigenvalue weighted by Gasteiger charge is 2.25. The molecule has 0 saturated carbocycles. The third-order valence-electron chi connectivity index (χ3n) is 5.45. The molecule has 0 bridgehead atoms. The maximum atomic E-state index is 12.8. The molecule has 1 amide bonds. The molecule has 2 heterocycles. The summed E-state index contributed by atoms with van der Waals surface area (Å²) in [7, 11) is 0. The van der Waals surface area contributed by atoms with E-state index >= 15 is 0 Å². The van der Waals surface area contributed by atoms with Gasteiger partial charge in [-0.05, 0) is 36.1 Å². The standard InChI is InChI=1S/C22H23ClN2OS/c1-15-19-4-2-3-5-20(19)27-21(15)22(26)24-18-10-12-25(13-11-18)14-16-6-8-17(23)9-7-16/h2-9,18H,10-14H2,1H3,(H,24,26)/p+1. The lowest BCUT2D eigenvalue weighted by Crippen LogP contribution is -3.12. The number of benzene rings is 2. The summed E-state index contributed by atoms with van der Waals surface area (Å²) in [6.07, 6.45) is 2.05. The van der Waals surface area contributed by atoms with Gasteiger partial charge in [-0.2, -0.15) is 0 Å². The average molecular weight is 400 g/mol. The number of halogens is 1. The van der Waals surface area contributed by atoms with Crippen LogP contribution in [0.3, 0.4) is 0 Å². The Hall–Kier alpha value is -1.88. The van der Waals surface area contributed by atoms with Gasteiger partial charge in [0.15, 0.2) is 0 Å². The smallest absolute Gasteiger partial charge is 0.261 e. The van der Waals surface area contributed by atoms with Crippen LogP contribution >= 0.6 is 22.9 Å². The zero-order chi connectivity index (χ0) is 18.8. The maximum absolute atomic E-state index is 12.8. The van der Waals surface area contributed by atoms with Crippen molar-refractivity contribution in [3.8, 4) is 0 Å². The van der Waals surface area contributed by atoms with E-state index in [0.717, 1.165) is 47.9 Å². The minimum absolute atomic E-state index is 0.0832. The number of likely N-dealkylation sites (tertiary alicyclic amines) is 1. The fourth-order valence-corrected chi connectivity index (χ4v) is 5.12. The van der Waals surface area contributed by atoms with Gasteiger partial charge in [-0.25, -0.2) is 0 Å². The molecule has 2 N–H and O–H groups in total. The van der Waals surface area contributed by atoms with Gasteiger partial charge < -0.3 is 10.2 Å². The van der Waals surface area contributed by atoms with Gasteiger partial charge in [-0.3, -0.25) is 4.79 Å². The zero-order valence-corrected chi connectivity index (χ0v) is 17.0. The molecule has 27 heavy (non-hydrogen) atoms. The van der Waals surface area contributed by atoms with Crippen molar-refractivity contribution in [1.29, 1.82) is 0 Å². The number of carbonyl (C=O) groups is 1. The summed E-state index contributed by atoms with van der Waals surface area (Å²) in [5.41, 5.74) is 2.41.